The van der Waals surface area contributed by atoms with Crippen LogP contribution < -0.4 is 5.32 Å². The summed E-state index contributed by atoms with van der Waals surface area (Å²) in [7, 11) is 0. The molecule has 0 radical (unpaired) electrons. The summed E-state index contributed by atoms with van der Waals surface area (Å²) in [6, 6.07) is 0.323. The fourth-order valence-corrected chi connectivity index (χ4v) is 1.60. The minimum absolute atomic E-state index is 0.0641. The normalized spacial score (nSPS) is 16.8. The van der Waals surface area contributed by atoms with E-state index < -0.39 is 11.9 Å². The lowest BCUT2D eigenvalue weighted by Gasteiger charge is -2.06. The van der Waals surface area contributed by atoms with Crippen molar-refractivity contribution in [1.82, 2.24) is 15.1 Å². The summed E-state index contributed by atoms with van der Waals surface area (Å²) >= 11 is 0. The Morgan fingerprint density at radius 2 is 2.12 bits per heavy atom. The Bertz CT molecular complexity index is 391. The van der Waals surface area contributed by atoms with E-state index in [0.29, 0.717) is 6.04 Å². The minimum Gasteiger partial charge on any atom is -0.310 e. The maximum Gasteiger partial charge on any atom is 0.435 e. The van der Waals surface area contributed by atoms with Crippen LogP contribution in [0, 0.1) is 0 Å². The van der Waals surface area contributed by atoms with Gasteiger partial charge in [0.25, 0.3) is 0 Å². The lowest BCUT2D eigenvalue weighted by Crippen LogP contribution is -2.18. The summed E-state index contributed by atoms with van der Waals surface area (Å²) in [4.78, 5) is 0. The third-order valence-electron chi connectivity index (χ3n) is 2.76. The van der Waals surface area contributed by atoms with E-state index in [9.17, 15) is 13.2 Å². The molecule has 1 aliphatic rings. The topological polar surface area (TPSA) is 29.9 Å². The van der Waals surface area contributed by atoms with E-state index in [1.165, 1.54) is 10.9 Å². The zero-order valence-corrected chi connectivity index (χ0v) is 9.88. The first-order valence-corrected chi connectivity index (χ1v) is 5.76. The van der Waals surface area contributed by atoms with Crippen molar-refractivity contribution in [3.63, 3.8) is 0 Å². The molecule has 1 N–H and O–H groups in total. The Morgan fingerprint density at radius 1 is 1.47 bits per heavy atom. The smallest absolute Gasteiger partial charge is 0.310 e. The van der Waals surface area contributed by atoms with E-state index >= 15 is 0 Å². The molecule has 1 saturated carbocycles. The van der Waals surface area contributed by atoms with Crippen molar-refractivity contribution in [3.05, 3.63) is 17.5 Å². The molecule has 1 aromatic rings. The molecule has 96 valence electrons. The van der Waals surface area contributed by atoms with Crippen LogP contribution in [-0.2, 0) is 12.7 Å². The summed E-state index contributed by atoms with van der Waals surface area (Å²) in [6.07, 6.45) is -0.775. The fraction of sp³-hybridized carbons (Fsp3) is 0.727. The highest BCUT2D eigenvalue weighted by molar-refractivity contribution is 5.20. The van der Waals surface area contributed by atoms with Crippen LogP contribution in [0.2, 0.25) is 0 Å². The van der Waals surface area contributed by atoms with Gasteiger partial charge in [-0.2, -0.15) is 18.3 Å². The number of halogens is 3. The number of nitrogens with one attached hydrogen (secondary N) is 1. The largest absolute Gasteiger partial charge is 0.435 e. The van der Waals surface area contributed by atoms with Gasteiger partial charge in [-0.15, -0.1) is 0 Å². The number of nitrogens with zero attached hydrogens (tertiary/aromatic N) is 2. The van der Waals surface area contributed by atoms with Crippen LogP contribution in [0.3, 0.4) is 0 Å². The molecule has 0 amide bonds. The Balaban J connectivity index is 2.20. The SMILES string of the molecule is CC(C)n1cc(CNC2CC2)c(C(F)(F)F)n1. The lowest BCUT2D eigenvalue weighted by atomic mass is 10.2. The predicted molar refractivity (Wildman–Crippen MR) is 57.5 cm³/mol. The molecule has 1 aliphatic carbocycles. The molecule has 0 unspecified atom stereocenters. The molecule has 17 heavy (non-hydrogen) atoms. The summed E-state index contributed by atoms with van der Waals surface area (Å²) in [5.41, 5.74) is -0.530. The molecule has 0 bridgehead atoms. The maximum atomic E-state index is 12.8. The molecule has 0 aliphatic heterocycles. The molecule has 6 heteroatoms. The van der Waals surface area contributed by atoms with Gasteiger partial charge in [0, 0.05) is 30.4 Å². The van der Waals surface area contributed by atoms with Crippen LogP contribution in [0.4, 0.5) is 13.2 Å². The third-order valence-corrected chi connectivity index (χ3v) is 2.76. The number of hydrogen-bond donors (Lipinski definition) is 1. The molecule has 1 fully saturated rings. The van der Waals surface area contributed by atoms with Crippen LogP contribution in [0.5, 0.6) is 0 Å². The van der Waals surface area contributed by atoms with Gasteiger partial charge in [-0.3, -0.25) is 4.68 Å². The van der Waals surface area contributed by atoms with Crippen LogP contribution in [0.15, 0.2) is 6.20 Å². The summed E-state index contributed by atoms with van der Waals surface area (Å²) < 4.78 is 39.7. The summed E-state index contributed by atoms with van der Waals surface area (Å²) in [5.74, 6) is 0. The van der Waals surface area contributed by atoms with E-state index in [4.69, 9.17) is 0 Å². The van der Waals surface area contributed by atoms with Crippen molar-refractivity contribution < 1.29 is 13.2 Å². The lowest BCUT2D eigenvalue weighted by molar-refractivity contribution is -0.142. The van der Waals surface area contributed by atoms with E-state index in [2.05, 4.69) is 10.4 Å². The molecule has 0 saturated heterocycles. The van der Waals surface area contributed by atoms with Gasteiger partial charge in [0.2, 0.25) is 0 Å². The van der Waals surface area contributed by atoms with Gasteiger partial charge >= 0.3 is 6.18 Å². The monoisotopic (exact) mass is 247 g/mol. The van der Waals surface area contributed by atoms with Crippen molar-refractivity contribution in [2.24, 2.45) is 0 Å². The summed E-state index contributed by atoms with van der Waals surface area (Å²) in [5, 5.41) is 6.72. The molecular weight excluding hydrogens is 231 g/mol. The Kier molecular flexibility index (Phi) is 3.16. The first-order valence-electron chi connectivity index (χ1n) is 5.76. The average Bonchev–Trinajstić information content (AvgIpc) is 2.91. The van der Waals surface area contributed by atoms with Gasteiger partial charge in [0.15, 0.2) is 5.69 Å². The Labute approximate surface area is 98.0 Å². The Hall–Kier alpha value is -1.04. The first-order chi connectivity index (χ1) is 7.88. The van der Waals surface area contributed by atoms with Crippen LogP contribution >= 0.6 is 0 Å². The molecule has 1 heterocycles. The van der Waals surface area contributed by atoms with E-state index in [-0.39, 0.29) is 18.2 Å². The minimum atomic E-state index is -4.37. The van der Waals surface area contributed by atoms with Crippen molar-refractivity contribution in [1.29, 1.82) is 0 Å². The number of alkyl halides is 3. The zero-order valence-electron chi connectivity index (χ0n) is 9.88. The quantitative estimate of drug-likeness (QED) is 0.886. The predicted octanol–water partition coefficient (Wildman–Crippen LogP) is 2.73. The van der Waals surface area contributed by atoms with Gasteiger partial charge in [-0.25, -0.2) is 0 Å². The second-order valence-corrected chi connectivity index (χ2v) is 4.73. The van der Waals surface area contributed by atoms with Crippen LogP contribution in [-0.4, -0.2) is 15.8 Å². The number of aromatic nitrogens is 2. The second kappa shape index (κ2) is 4.33. The summed E-state index contributed by atoms with van der Waals surface area (Å²) in [6.45, 7) is 3.86. The molecule has 0 spiro atoms. The van der Waals surface area contributed by atoms with Crippen molar-refractivity contribution in [3.8, 4) is 0 Å². The average molecular weight is 247 g/mol. The molecule has 2 rings (SSSR count). The van der Waals surface area contributed by atoms with E-state index in [0.717, 1.165) is 12.8 Å². The molecular formula is C11H16F3N3. The number of rotatable bonds is 4. The first kappa shape index (κ1) is 12.4. The molecule has 1 aromatic heterocycles. The highest BCUT2D eigenvalue weighted by Crippen LogP contribution is 2.31. The fourth-order valence-electron chi connectivity index (χ4n) is 1.60. The van der Waals surface area contributed by atoms with Gasteiger partial charge in [0.1, 0.15) is 0 Å². The zero-order chi connectivity index (χ0) is 12.6. The Morgan fingerprint density at radius 3 is 2.59 bits per heavy atom. The molecule has 0 atom stereocenters. The van der Waals surface area contributed by atoms with Crippen LogP contribution in [0.25, 0.3) is 0 Å². The van der Waals surface area contributed by atoms with E-state index in [1.807, 2.05) is 13.8 Å². The van der Waals surface area contributed by atoms with Gasteiger partial charge in [-0.05, 0) is 26.7 Å². The van der Waals surface area contributed by atoms with Crippen molar-refractivity contribution >= 4 is 0 Å². The van der Waals surface area contributed by atoms with Gasteiger partial charge < -0.3 is 5.32 Å². The van der Waals surface area contributed by atoms with Crippen LogP contribution in [0.1, 0.15) is 44.0 Å². The number of hydrogen-bond acceptors (Lipinski definition) is 2. The van der Waals surface area contributed by atoms with Crippen molar-refractivity contribution in [2.45, 2.75) is 51.5 Å². The molecule has 0 aromatic carbocycles. The second-order valence-electron chi connectivity index (χ2n) is 4.73. The van der Waals surface area contributed by atoms with Gasteiger partial charge in [0.05, 0.1) is 0 Å². The third kappa shape index (κ3) is 3.00. The van der Waals surface area contributed by atoms with E-state index in [1.54, 1.807) is 0 Å². The van der Waals surface area contributed by atoms with Crippen molar-refractivity contribution in [2.75, 3.05) is 0 Å². The van der Waals surface area contributed by atoms with Gasteiger partial charge in [-0.1, -0.05) is 0 Å². The maximum absolute atomic E-state index is 12.8. The standard InChI is InChI=1S/C11H16F3N3/c1-7(2)17-6-8(5-15-9-3-4-9)10(16-17)11(12,13)14/h6-7,9,15H,3-5H2,1-2H3. The highest BCUT2D eigenvalue weighted by Gasteiger charge is 2.37. The molecule has 3 nitrogen and oxygen atoms in total. The highest BCUT2D eigenvalue weighted by atomic mass is 19.4.